The molecule has 0 unspecified atom stereocenters. The molecule has 0 radical (unpaired) electrons. The summed E-state index contributed by atoms with van der Waals surface area (Å²) in [5.41, 5.74) is -0.582. The van der Waals surface area contributed by atoms with Gasteiger partial charge in [-0.05, 0) is 26.7 Å². The summed E-state index contributed by atoms with van der Waals surface area (Å²) >= 11 is 0. The number of hydrogen-bond donors (Lipinski definition) is 0. The van der Waals surface area contributed by atoms with Crippen molar-refractivity contribution >= 4 is 5.97 Å². The maximum absolute atomic E-state index is 11.6. The highest BCUT2D eigenvalue weighted by Gasteiger charge is 2.60. The highest BCUT2D eigenvalue weighted by molar-refractivity contribution is 5.71. The van der Waals surface area contributed by atoms with Crippen LogP contribution in [0.2, 0.25) is 0 Å². The summed E-state index contributed by atoms with van der Waals surface area (Å²) in [5.74, 6) is -0.910. The van der Waals surface area contributed by atoms with Crippen LogP contribution in [0, 0.1) is 5.92 Å². The van der Waals surface area contributed by atoms with E-state index in [0.29, 0.717) is 6.42 Å². The Morgan fingerprint density at radius 3 is 2.88 bits per heavy atom. The first-order valence-corrected chi connectivity index (χ1v) is 6.26. The van der Waals surface area contributed by atoms with Gasteiger partial charge in [0.1, 0.15) is 0 Å². The molecule has 2 saturated heterocycles. The molecule has 5 nitrogen and oxygen atoms in total. The Hall–Kier alpha value is -0.650. The summed E-state index contributed by atoms with van der Waals surface area (Å²) in [6.45, 7) is 3.50. The Bertz CT molecular complexity index is 340. The van der Waals surface area contributed by atoms with Crippen molar-refractivity contribution in [1.82, 2.24) is 0 Å². The van der Waals surface area contributed by atoms with Gasteiger partial charge in [-0.2, -0.15) is 0 Å². The van der Waals surface area contributed by atoms with E-state index in [0.717, 1.165) is 25.7 Å². The molecule has 3 rings (SSSR count). The molecule has 0 aromatic carbocycles. The third kappa shape index (κ3) is 1.77. The molecule has 1 aliphatic carbocycles. The van der Waals surface area contributed by atoms with E-state index in [2.05, 4.69) is 0 Å². The van der Waals surface area contributed by atoms with Crippen LogP contribution in [0.25, 0.3) is 0 Å². The molecule has 1 spiro atoms. The quantitative estimate of drug-likeness (QED) is 0.479. The van der Waals surface area contributed by atoms with E-state index in [1.54, 1.807) is 13.8 Å². The molecule has 96 valence electrons. The summed E-state index contributed by atoms with van der Waals surface area (Å²) in [6.07, 6.45) is 3.75. The van der Waals surface area contributed by atoms with Crippen molar-refractivity contribution in [2.75, 3.05) is 0 Å². The lowest BCUT2D eigenvalue weighted by Gasteiger charge is -2.53. The van der Waals surface area contributed by atoms with E-state index in [9.17, 15) is 4.79 Å². The molecule has 3 fully saturated rings. The molecule has 0 bridgehead atoms. The number of hydrogen-bond acceptors (Lipinski definition) is 5. The smallest absolute Gasteiger partial charge is 0.308 e. The minimum absolute atomic E-state index is 0.151. The molecular formula is C12H18O5. The van der Waals surface area contributed by atoms with Crippen LogP contribution in [0.5, 0.6) is 0 Å². The predicted octanol–water partition coefficient (Wildman–Crippen LogP) is 1.90. The average Bonchev–Trinajstić information content (AvgIpc) is 2.26. The Morgan fingerprint density at radius 2 is 2.06 bits per heavy atom. The van der Waals surface area contributed by atoms with E-state index in [-0.39, 0.29) is 11.9 Å². The van der Waals surface area contributed by atoms with E-state index in [1.165, 1.54) is 0 Å². The highest BCUT2D eigenvalue weighted by atomic mass is 17.3. The Kier molecular flexibility index (Phi) is 2.47. The summed E-state index contributed by atoms with van der Waals surface area (Å²) in [7, 11) is 0. The number of esters is 1. The standard InChI is InChI=1S/C12H18O5/c1-11(2)15-10-12(17-16-11)6-4-3-5-8(12)7-9(13)14-10/h8,10H,3-7H2,1-2H3/t8-,10+,12+/m0/s1. The first kappa shape index (κ1) is 11.4. The van der Waals surface area contributed by atoms with Crippen LogP contribution in [0.4, 0.5) is 0 Å². The maximum Gasteiger partial charge on any atom is 0.308 e. The van der Waals surface area contributed by atoms with Gasteiger partial charge in [-0.15, -0.1) is 0 Å². The first-order chi connectivity index (χ1) is 8.02. The monoisotopic (exact) mass is 242 g/mol. The fraction of sp³-hybridized carbons (Fsp3) is 0.917. The average molecular weight is 242 g/mol. The van der Waals surface area contributed by atoms with Gasteiger partial charge in [-0.1, -0.05) is 12.8 Å². The fourth-order valence-corrected chi connectivity index (χ4v) is 3.02. The lowest BCUT2D eigenvalue weighted by atomic mass is 9.72. The minimum atomic E-state index is -0.866. The predicted molar refractivity (Wildman–Crippen MR) is 56.5 cm³/mol. The van der Waals surface area contributed by atoms with Gasteiger partial charge in [0.05, 0.1) is 6.42 Å². The van der Waals surface area contributed by atoms with Crippen LogP contribution in [-0.2, 0) is 24.0 Å². The summed E-state index contributed by atoms with van der Waals surface area (Å²) in [5, 5.41) is 0. The zero-order valence-corrected chi connectivity index (χ0v) is 10.2. The van der Waals surface area contributed by atoms with Crippen molar-refractivity contribution in [3.63, 3.8) is 0 Å². The van der Waals surface area contributed by atoms with Gasteiger partial charge in [-0.3, -0.25) is 4.79 Å². The molecule has 2 aliphatic heterocycles. The largest absolute Gasteiger partial charge is 0.432 e. The van der Waals surface area contributed by atoms with Gasteiger partial charge >= 0.3 is 5.97 Å². The van der Waals surface area contributed by atoms with E-state index in [4.69, 9.17) is 19.2 Å². The molecule has 0 aromatic rings. The second kappa shape index (κ2) is 3.67. The molecule has 3 atom stereocenters. The molecule has 0 N–H and O–H groups in total. The van der Waals surface area contributed by atoms with Gasteiger partial charge in [0.15, 0.2) is 11.4 Å². The first-order valence-electron chi connectivity index (χ1n) is 6.26. The van der Waals surface area contributed by atoms with Crippen LogP contribution < -0.4 is 0 Å². The lowest BCUT2D eigenvalue weighted by molar-refractivity contribution is -0.554. The van der Waals surface area contributed by atoms with E-state index < -0.39 is 17.7 Å². The maximum atomic E-state index is 11.6. The SMILES string of the molecule is CC1(C)OO[C@]23CCCC[C@H]2CC(=O)O[C@@H]3O1. The third-order valence-electron chi connectivity index (χ3n) is 3.90. The van der Waals surface area contributed by atoms with Crippen LogP contribution in [0.15, 0.2) is 0 Å². The van der Waals surface area contributed by atoms with Crippen molar-refractivity contribution < 1.29 is 24.0 Å². The molecular weight excluding hydrogens is 224 g/mol. The van der Waals surface area contributed by atoms with Crippen LogP contribution in [0.3, 0.4) is 0 Å². The normalized spacial score (nSPS) is 44.5. The summed E-state index contributed by atoms with van der Waals surface area (Å²) < 4.78 is 11.0. The van der Waals surface area contributed by atoms with Crippen molar-refractivity contribution in [3.8, 4) is 0 Å². The number of carbonyl (C=O) groups excluding carboxylic acids is 1. The second-order valence-corrected chi connectivity index (χ2v) is 5.61. The second-order valence-electron chi connectivity index (χ2n) is 5.61. The van der Waals surface area contributed by atoms with E-state index in [1.807, 2.05) is 0 Å². The minimum Gasteiger partial charge on any atom is -0.432 e. The fourth-order valence-electron chi connectivity index (χ4n) is 3.02. The van der Waals surface area contributed by atoms with Gasteiger partial charge in [0, 0.05) is 5.92 Å². The van der Waals surface area contributed by atoms with Gasteiger partial charge in [0.2, 0.25) is 6.29 Å². The molecule has 1 saturated carbocycles. The molecule has 3 aliphatic rings. The molecule has 2 heterocycles. The van der Waals surface area contributed by atoms with Crippen molar-refractivity contribution in [2.45, 2.75) is 63.6 Å². The van der Waals surface area contributed by atoms with Crippen LogP contribution >= 0.6 is 0 Å². The molecule has 17 heavy (non-hydrogen) atoms. The third-order valence-corrected chi connectivity index (χ3v) is 3.90. The highest BCUT2D eigenvalue weighted by Crippen LogP contribution is 2.49. The zero-order valence-electron chi connectivity index (χ0n) is 10.2. The van der Waals surface area contributed by atoms with Gasteiger partial charge in [-0.25, -0.2) is 9.78 Å². The van der Waals surface area contributed by atoms with Crippen LogP contribution in [0.1, 0.15) is 46.0 Å². The van der Waals surface area contributed by atoms with E-state index >= 15 is 0 Å². The number of carbonyl (C=O) groups is 1. The topological polar surface area (TPSA) is 54.0 Å². The van der Waals surface area contributed by atoms with Gasteiger partial charge < -0.3 is 9.47 Å². The van der Waals surface area contributed by atoms with Crippen LogP contribution in [-0.4, -0.2) is 23.6 Å². The Labute approximate surface area is 100 Å². The Balaban J connectivity index is 1.90. The number of ether oxygens (including phenoxy) is 2. The zero-order chi connectivity index (χ0) is 12.1. The van der Waals surface area contributed by atoms with Gasteiger partial charge in [0.25, 0.3) is 0 Å². The molecule has 0 amide bonds. The van der Waals surface area contributed by atoms with Crippen molar-refractivity contribution in [3.05, 3.63) is 0 Å². The summed E-state index contributed by atoms with van der Waals surface area (Å²) in [6, 6.07) is 0. The summed E-state index contributed by atoms with van der Waals surface area (Å²) in [4.78, 5) is 22.5. The molecule has 0 aromatic heterocycles. The van der Waals surface area contributed by atoms with Crippen molar-refractivity contribution in [2.24, 2.45) is 5.92 Å². The lowest BCUT2D eigenvalue weighted by Crippen LogP contribution is -2.64. The number of rotatable bonds is 0. The van der Waals surface area contributed by atoms with Crippen molar-refractivity contribution in [1.29, 1.82) is 0 Å². The molecule has 5 heteroatoms. The Morgan fingerprint density at radius 1 is 1.24 bits per heavy atom.